The summed E-state index contributed by atoms with van der Waals surface area (Å²) in [5, 5.41) is 10.5. The average Bonchev–Trinajstić information content (AvgIpc) is 3.06. The fourth-order valence-corrected chi connectivity index (χ4v) is 3.85. The van der Waals surface area contributed by atoms with Crippen molar-refractivity contribution < 1.29 is 0 Å². The molecule has 25 heavy (non-hydrogen) atoms. The Kier molecular flexibility index (Phi) is 4.57. The summed E-state index contributed by atoms with van der Waals surface area (Å²) in [4.78, 5) is 8.68. The first kappa shape index (κ1) is 16.3. The molecule has 0 radical (unpaired) electrons. The fourth-order valence-electron chi connectivity index (χ4n) is 2.36. The lowest BCUT2D eigenvalue weighted by Gasteiger charge is -2.05. The van der Waals surface area contributed by atoms with E-state index in [1.54, 1.807) is 10.7 Å². The molecular weight excluding hydrogens is 377 g/mol. The molecular formula is C17H11Cl2N5S. The van der Waals surface area contributed by atoms with Crippen molar-refractivity contribution in [1.82, 2.24) is 25.0 Å². The largest absolute Gasteiger partial charge is 0.227 e. The molecule has 0 amide bonds. The molecule has 0 N–H and O–H groups in total. The maximum absolute atomic E-state index is 6.24. The van der Waals surface area contributed by atoms with Gasteiger partial charge in [0.1, 0.15) is 11.4 Å². The summed E-state index contributed by atoms with van der Waals surface area (Å²) in [6.07, 6.45) is 1.52. The molecule has 4 rings (SSSR count). The van der Waals surface area contributed by atoms with Gasteiger partial charge in [-0.3, -0.25) is 0 Å². The summed E-state index contributed by atoms with van der Waals surface area (Å²) in [5.41, 5.74) is 3.23. The number of aromatic nitrogens is 5. The molecule has 124 valence electrons. The van der Waals surface area contributed by atoms with Crippen molar-refractivity contribution in [2.45, 2.75) is 10.8 Å². The number of halogens is 2. The lowest BCUT2D eigenvalue weighted by atomic mass is 10.2. The van der Waals surface area contributed by atoms with Gasteiger partial charge >= 0.3 is 0 Å². The highest BCUT2D eigenvalue weighted by Gasteiger charge is 2.14. The molecule has 0 unspecified atom stereocenters. The third kappa shape index (κ3) is 3.33. The minimum atomic E-state index is 0.619. The zero-order valence-corrected chi connectivity index (χ0v) is 15.1. The molecule has 0 fully saturated rings. The van der Waals surface area contributed by atoms with Crippen molar-refractivity contribution in [3.63, 3.8) is 0 Å². The van der Waals surface area contributed by atoms with Gasteiger partial charge in [0.25, 0.3) is 0 Å². The summed E-state index contributed by atoms with van der Waals surface area (Å²) in [6, 6.07) is 15.2. The minimum absolute atomic E-state index is 0.619. The van der Waals surface area contributed by atoms with Gasteiger partial charge in [-0.1, -0.05) is 64.4 Å². The Bertz CT molecular complexity index is 1040. The zero-order valence-electron chi connectivity index (χ0n) is 12.8. The normalized spacial score (nSPS) is 11.1. The smallest absolute Gasteiger partial charge is 0.187 e. The van der Waals surface area contributed by atoms with Crippen LogP contribution in [0.25, 0.3) is 16.9 Å². The molecule has 0 spiro atoms. The third-order valence-corrected chi connectivity index (χ3v) is 5.20. The van der Waals surface area contributed by atoms with Crippen LogP contribution in [0.5, 0.6) is 0 Å². The lowest BCUT2D eigenvalue weighted by molar-refractivity contribution is 0.817. The molecule has 0 bridgehead atoms. The van der Waals surface area contributed by atoms with Crippen molar-refractivity contribution in [3.05, 3.63) is 70.5 Å². The average molecular weight is 388 g/mol. The molecule has 4 aromatic rings. The Labute approximate surface area is 158 Å². The molecule has 2 aromatic carbocycles. The number of fused-ring (bicyclic) bond motifs is 1. The Hall–Kier alpha value is -2.15. The van der Waals surface area contributed by atoms with Gasteiger partial charge in [-0.15, -0.1) is 5.10 Å². The van der Waals surface area contributed by atoms with Gasteiger partial charge in [0.15, 0.2) is 11.2 Å². The second-order valence-corrected chi connectivity index (χ2v) is 7.02. The van der Waals surface area contributed by atoms with Gasteiger partial charge < -0.3 is 0 Å². The number of benzene rings is 2. The highest BCUT2D eigenvalue weighted by molar-refractivity contribution is 7.98. The minimum Gasteiger partial charge on any atom is -0.227 e. The Morgan fingerprint density at radius 2 is 1.84 bits per heavy atom. The van der Waals surface area contributed by atoms with Crippen LogP contribution in [-0.2, 0) is 5.75 Å². The van der Waals surface area contributed by atoms with E-state index in [0.29, 0.717) is 27.0 Å². The predicted octanol–water partition coefficient (Wildman–Crippen LogP) is 4.81. The van der Waals surface area contributed by atoms with Crippen LogP contribution in [0.4, 0.5) is 0 Å². The molecule has 0 saturated carbocycles. The summed E-state index contributed by atoms with van der Waals surface area (Å²) in [7, 11) is 0. The zero-order chi connectivity index (χ0) is 17.2. The molecule has 0 aliphatic heterocycles. The van der Waals surface area contributed by atoms with Crippen molar-refractivity contribution in [2.24, 2.45) is 0 Å². The van der Waals surface area contributed by atoms with Crippen LogP contribution in [0.3, 0.4) is 0 Å². The second kappa shape index (κ2) is 7.00. The third-order valence-electron chi connectivity index (χ3n) is 3.58. The van der Waals surface area contributed by atoms with Gasteiger partial charge in [-0.25, -0.2) is 9.97 Å². The fraction of sp³-hybridized carbons (Fsp3) is 0.0588. The Balaban J connectivity index is 1.66. The van der Waals surface area contributed by atoms with Crippen molar-refractivity contribution in [2.75, 3.05) is 0 Å². The topological polar surface area (TPSA) is 56.5 Å². The molecule has 0 atom stereocenters. The van der Waals surface area contributed by atoms with Crippen LogP contribution in [0, 0.1) is 0 Å². The van der Waals surface area contributed by atoms with Crippen molar-refractivity contribution in [1.29, 1.82) is 0 Å². The quantitative estimate of drug-likeness (QED) is 0.371. The van der Waals surface area contributed by atoms with E-state index in [0.717, 1.165) is 16.3 Å². The van der Waals surface area contributed by atoms with E-state index in [4.69, 9.17) is 23.2 Å². The van der Waals surface area contributed by atoms with E-state index < -0.39 is 0 Å². The first-order valence-electron chi connectivity index (χ1n) is 7.41. The van der Waals surface area contributed by atoms with Gasteiger partial charge in [0.2, 0.25) is 0 Å². The summed E-state index contributed by atoms with van der Waals surface area (Å²) < 4.78 is 1.70. The van der Waals surface area contributed by atoms with E-state index in [1.165, 1.54) is 18.1 Å². The summed E-state index contributed by atoms with van der Waals surface area (Å²) >= 11 is 13.7. The van der Waals surface area contributed by atoms with Gasteiger partial charge in [-0.2, -0.15) is 4.68 Å². The van der Waals surface area contributed by atoms with E-state index in [-0.39, 0.29) is 0 Å². The molecule has 2 heterocycles. The van der Waals surface area contributed by atoms with Crippen LogP contribution in [-0.4, -0.2) is 25.0 Å². The summed E-state index contributed by atoms with van der Waals surface area (Å²) in [5.74, 6) is 0.653. The van der Waals surface area contributed by atoms with Gasteiger partial charge in [0.05, 0.1) is 5.69 Å². The summed E-state index contributed by atoms with van der Waals surface area (Å²) in [6.45, 7) is 0. The maximum atomic E-state index is 6.24. The number of para-hydroxylation sites is 1. The predicted molar refractivity (Wildman–Crippen MR) is 100 cm³/mol. The molecule has 0 aliphatic rings. The van der Waals surface area contributed by atoms with Crippen LogP contribution < -0.4 is 0 Å². The monoisotopic (exact) mass is 387 g/mol. The van der Waals surface area contributed by atoms with Gasteiger partial charge in [-0.05, 0) is 29.8 Å². The first-order valence-corrected chi connectivity index (χ1v) is 9.15. The van der Waals surface area contributed by atoms with E-state index in [2.05, 4.69) is 20.3 Å². The number of rotatable bonds is 4. The molecule has 2 aromatic heterocycles. The van der Waals surface area contributed by atoms with Gasteiger partial charge in [0, 0.05) is 15.8 Å². The molecule has 8 heteroatoms. The van der Waals surface area contributed by atoms with Crippen LogP contribution >= 0.6 is 35.0 Å². The van der Waals surface area contributed by atoms with Crippen molar-refractivity contribution in [3.8, 4) is 5.69 Å². The van der Waals surface area contributed by atoms with E-state index in [9.17, 15) is 0 Å². The SMILES string of the molecule is Clc1ccc(CSc2ncnc3c2nnn3-c2ccccc2)c(Cl)c1. The van der Waals surface area contributed by atoms with E-state index in [1.807, 2.05) is 42.5 Å². The standard InChI is InChI=1S/C17H11Cl2N5S/c18-12-7-6-11(14(19)8-12)9-25-17-15-16(20-10-21-17)24(23-22-15)13-4-2-1-3-5-13/h1-8,10H,9H2. The van der Waals surface area contributed by atoms with Crippen molar-refractivity contribution >= 4 is 46.1 Å². The van der Waals surface area contributed by atoms with Crippen LogP contribution in [0.1, 0.15) is 5.56 Å². The number of hydrogen-bond donors (Lipinski definition) is 0. The highest BCUT2D eigenvalue weighted by Crippen LogP contribution is 2.30. The second-order valence-electron chi connectivity index (χ2n) is 5.21. The number of nitrogens with zero attached hydrogens (tertiary/aromatic N) is 5. The Morgan fingerprint density at radius 3 is 2.64 bits per heavy atom. The first-order chi connectivity index (χ1) is 12.2. The maximum Gasteiger partial charge on any atom is 0.187 e. The van der Waals surface area contributed by atoms with E-state index >= 15 is 0 Å². The number of thioether (sulfide) groups is 1. The lowest BCUT2D eigenvalue weighted by Crippen LogP contribution is -1.97. The van der Waals surface area contributed by atoms with Crippen LogP contribution in [0.15, 0.2) is 59.9 Å². The Morgan fingerprint density at radius 1 is 1.00 bits per heavy atom. The number of hydrogen-bond acceptors (Lipinski definition) is 5. The highest BCUT2D eigenvalue weighted by atomic mass is 35.5. The molecule has 0 saturated heterocycles. The molecule has 5 nitrogen and oxygen atoms in total. The van der Waals surface area contributed by atoms with Crippen LogP contribution in [0.2, 0.25) is 10.0 Å². The molecule has 0 aliphatic carbocycles.